The second-order valence-electron chi connectivity index (χ2n) is 7.87. The molecular weight excluding hydrogens is 396 g/mol. The van der Waals surface area contributed by atoms with Crippen molar-refractivity contribution in [2.24, 2.45) is 5.92 Å². The van der Waals surface area contributed by atoms with Crippen molar-refractivity contribution in [1.82, 2.24) is 4.90 Å². The van der Waals surface area contributed by atoms with Gasteiger partial charge < -0.3 is 10.0 Å². The van der Waals surface area contributed by atoms with Gasteiger partial charge >= 0.3 is 0 Å². The first-order valence-electron chi connectivity index (χ1n) is 9.56. The summed E-state index contributed by atoms with van der Waals surface area (Å²) in [7, 11) is 3.99. The highest BCUT2D eigenvalue weighted by atomic mass is 35.5. The van der Waals surface area contributed by atoms with Gasteiger partial charge in [-0.3, -0.25) is 0 Å². The van der Waals surface area contributed by atoms with Crippen LogP contribution in [0.4, 0.5) is 4.39 Å². The zero-order chi connectivity index (χ0) is 20.3. The number of hydrogen-bond acceptors (Lipinski definition) is 2. The van der Waals surface area contributed by atoms with Gasteiger partial charge in [0.15, 0.2) is 0 Å². The van der Waals surface area contributed by atoms with Gasteiger partial charge in [-0.25, -0.2) is 4.39 Å². The maximum Gasteiger partial charge on any atom is 0.128 e. The molecule has 2 aromatic carbocycles. The third kappa shape index (κ3) is 4.77. The van der Waals surface area contributed by atoms with Crippen LogP contribution in [0.3, 0.4) is 0 Å². The number of benzene rings is 2. The lowest BCUT2D eigenvalue weighted by Crippen LogP contribution is -2.48. The molecule has 1 saturated carbocycles. The van der Waals surface area contributed by atoms with Gasteiger partial charge in [0, 0.05) is 34.5 Å². The van der Waals surface area contributed by atoms with E-state index in [4.69, 9.17) is 23.2 Å². The minimum absolute atomic E-state index is 0.00882. The second-order valence-corrected chi connectivity index (χ2v) is 8.72. The Kier molecular flexibility index (Phi) is 6.82. The molecular formula is C23H26Cl2FNO. The van der Waals surface area contributed by atoms with Gasteiger partial charge in [-0.1, -0.05) is 47.5 Å². The maximum atomic E-state index is 14.5. The van der Waals surface area contributed by atoms with E-state index in [1.54, 1.807) is 12.1 Å². The fraction of sp³-hybridized carbons (Fsp3) is 0.391. The molecule has 0 aliphatic heterocycles. The van der Waals surface area contributed by atoms with Crippen LogP contribution in [-0.4, -0.2) is 36.2 Å². The predicted molar refractivity (Wildman–Crippen MR) is 115 cm³/mol. The van der Waals surface area contributed by atoms with Crippen molar-refractivity contribution in [1.29, 1.82) is 0 Å². The molecule has 0 spiro atoms. The topological polar surface area (TPSA) is 23.5 Å². The van der Waals surface area contributed by atoms with E-state index in [1.807, 2.05) is 44.4 Å². The third-order valence-corrected chi connectivity index (χ3v) is 6.14. The summed E-state index contributed by atoms with van der Waals surface area (Å²) in [5.74, 6) is -0.383. The molecule has 1 N–H and O–H groups in total. The van der Waals surface area contributed by atoms with Gasteiger partial charge in [0.25, 0.3) is 0 Å². The van der Waals surface area contributed by atoms with Crippen LogP contribution in [-0.2, 0) is 6.42 Å². The van der Waals surface area contributed by atoms with E-state index in [1.165, 1.54) is 6.07 Å². The Morgan fingerprint density at radius 2 is 1.89 bits per heavy atom. The van der Waals surface area contributed by atoms with Crippen molar-refractivity contribution in [3.05, 3.63) is 75.0 Å². The van der Waals surface area contributed by atoms with Crippen molar-refractivity contribution in [2.45, 2.75) is 31.3 Å². The Bertz CT molecular complexity index is 830. The highest BCUT2D eigenvalue weighted by Crippen LogP contribution is 2.43. The molecule has 0 saturated heterocycles. The summed E-state index contributed by atoms with van der Waals surface area (Å²) in [6, 6.07) is 12.2. The molecule has 2 unspecified atom stereocenters. The number of rotatable bonds is 5. The Labute approximate surface area is 176 Å². The van der Waals surface area contributed by atoms with E-state index in [0.29, 0.717) is 15.6 Å². The summed E-state index contributed by atoms with van der Waals surface area (Å²) in [6.07, 6.45) is 4.84. The van der Waals surface area contributed by atoms with E-state index < -0.39 is 5.60 Å². The SMILES string of the molecule is CN(C)CC1CCCC(=Cc2ccc(Cl)cc2)C1(O)Cc1c(F)cccc1Cl. The minimum Gasteiger partial charge on any atom is -0.385 e. The zero-order valence-corrected chi connectivity index (χ0v) is 17.8. The van der Waals surface area contributed by atoms with Gasteiger partial charge in [0.1, 0.15) is 5.82 Å². The Balaban J connectivity index is 2.04. The first kappa shape index (κ1) is 21.3. The smallest absolute Gasteiger partial charge is 0.128 e. The lowest BCUT2D eigenvalue weighted by Gasteiger charge is -2.44. The summed E-state index contributed by atoms with van der Waals surface area (Å²) in [6.45, 7) is 0.723. The van der Waals surface area contributed by atoms with Crippen LogP contribution in [0.25, 0.3) is 6.08 Å². The zero-order valence-electron chi connectivity index (χ0n) is 16.3. The highest BCUT2D eigenvalue weighted by Gasteiger charge is 2.43. The molecule has 0 aromatic heterocycles. The molecule has 0 heterocycles. The predicted octanol–water partition coefficient (Wildman–Crippen LogP) is 5.85. The molecule has 0 radical (unpaired) electrons. The summed E-state index contributed by atoms with van der Waals surface area (Å²) < 4.78 is 14.5. The molecule has 28 heavy (non-hydrogen) atoms. The first-order chi connectivity index (χ1) is 13.3. The van der Waals surface area contributed by atoms with Crippen molar-refractivity contribution in [3.63, 3.8) is 0 Å². The standard InChI is InChI=1S/C23H26Cl2FNO/c1-27(2)15-18-6-3-5-17(13-16-9-11-19(24)12-10-16)23(18,28)14-20-21(25)7-4-8-22(20)26/h4,7-13,18,28H,3,5-6,14-15H2,1-2H3. The Hall–Kier alpha value is -1.39. The number of nitrogens with zero attached hydrogens (tertiary/aromatic N) is 1. The lowest BCUT2D eigenvalue weighted by atomic mass is 9.68. The van der Waals surface area contributed by atoms with Crippen LogP contribution < -0.4 is 0 Å². The minimum atomic E-state index is -1.16. The van der Waals surface area contributed by atoms with E-state index in [2.05, 4.69) is 4.90 Å². The average Bonchev–Trinajstić information content (AvgIpc) is 2.63. The lowest BCUT2D eigenvalue weighted by molar-refractivity contribution is -0.0128. The van der Waals surface area contributed by atoms with E-state index in [0.717, 1.165) is 36.9 Å². The molecule has 0 bridgehead atoms. The number of aliphatic hydroxyl groups is 1. The second kappa shape index (κ2) is 8.96. The largest absolute Gasteiger partial charge is 0.385 e. The first-order valence-corrected chi connectivity index (χ1v) is 10.3. The monoisotopic (exact) mass is 421 g/mol. The molecule has 150 valence electrons. The van der Waals surface area contributed by atoms with Crippen molar-refractivity contribution >= 4 is 29.3 Å². The maximum absolute atomic E-state index is 14.5. The summed E-state index contributed by atoms with van der Waals surface area (Å²) in [5.41, 5.74) is 1.11. The van der Waals surface area contributed by atoms with Crippen LogP contribution in [0.2, 0.25) is 10.0 Å². The van der Waals surface area contributed by atoms with E-state index in [-0.39, 0.29) is 18.2 Å². The third-order valence-electron chi connectivity index (χ3n) is 5.53. The van der Waals surface area contributed by atoms with E-state index in [9.17, 15) is 9.50 Å². The Morgan fingerprint density at radius 1 is 1.18 bits per heavy atom. The van der Waals surface area contributed by atoms with Gasteiger partial charge in [0.2, 0.25) is 0 Å². The molecule has 0 amide bonds. The highest BCUT2D eigenvalue weighted by molar-refractivity contribution is 6.31. The fourth-order valence-electron chi connectivity index (χ4n) is 4.13. The molecule has 1 fully saturated rings. The molecule has 2 atom stereocenters. The quantitative estimate of drug-likeness (QED) is 0.653. The fourth-order valence-corrected chi connectivity index (χ4v) is 4.48. The van der Waals surface area contributed by atoms with Crippen LogP contribution in [0.5, 0.6) is 0 Å². The van der Waals surface area contributed by atoms with Gasteiger partial charge in [-0.05, 0) is 68.8 Å². The van der Waals surface area contributed by atoms with Crippen LogP contribution in [0, 0.1) is 11.7 Å². The molecule has 2 aromatic rings. The van der Waals surface area contributed by atoms with Crippen molar-refractivity contribution < 1.29 is 9.50 Å². The van der Waals surface area contributed by atoms with Crippen LogP contribution >= 0.6 is 23.2 Å². The Morgan fingerprint density at radius 3 is 2.54 bits per heavy atom. The average molecular weight is 422 g/mol. The summed E-state index contributed by atoms with van der Waals surface area (Å²) >= 11 is 12.3. The normalized spacial score (nSPS) is 24.1. The van der Waals surface area contributed by atoms with Gasteiger partial charge in [-0.15, -0.1) is 0 Å². The summed E-state index contributed by atoms with van der Waals surface area (Å²) in [5, 5.41) is 12.9. The molecule has 5 heteroatoms. The van der Waals surface area contributed by atoms with Crippen molar-refractivity contribution in [3.8, 4) is 0 Å². The molecule has 2 nitrogen and oxygen atoms in total. The molecule has 1 aliphatic rings. The summed E-state index contributed by atoms with van der Waals surface area (Å²) in [4.78, 5) is 2.07. The van der Waals surface area contributed by atoms with Gasteiger partial charge in [-0.2, -0.15) is 0 Å². The number of halogens is 3. The van der Waals surface area contributed by atoms with E-state index >= 15 is 0 Å². The molecule has 1 aliphatic carbocycles. The van der Waals surface area contributed by atoms with Crippen molar-refractivity contribution in [2.75, 3.05) is 20.6 Å². The van der Waals surface area contributed by atoms with Crippen LogP contribution in [0.15, 0.2) is 48.0 Å². The van der Waals surface area contributed by atoms with Gasteiger partial charge in [0.05, 0.1) is 5.60 Å². The number of hydrogen-bond donors (Lipinski definition) is 1. The van der Waals surface area contributed by atoms with Crippen LogP contribution in [0.1, 0.15) is 30.4 Å². The molecule has 3 rings (SSSR count).